The van der Waals surface area contributed by atoms with Gasteiger partial charge in [0.15, 0.2) is 5.90 Å². The van der Waals surface area contributed by atoms with Gasteiger partial charge in [-0.25, -0.2) is 9.98 Å². The van der Waals surface area contributed by atoms with E-state index in [1.807, 2.05) is 5.38 Å². The van der Waals surface area contributed by atoms with Gasteiger partial charge in [0.25, 0.3) is 5.91 Å². The Labute approximate surface area is 181 Å². The molecular weight excluding hydrogens is 429 g/mol. The van der Waals surface area contributed by atoms with E-state index in [2.05, 4.69) is 15.0 Å². The molecule has 2 bridgehead atoms. The Morgan fingerprint density at radius 1 is 1.29 bits per heavy atom. The Bertz CT molecular complexity index is 1020. The number of allylic oxidation sites excluding steroid dienone is 1. The van der Waals surface area contributed by atoms with E-state index in [1.165, 1.54) is 18.3 Å². The van der Waals surface area contributed by atoms with E-state index >= 15 is 0 Å². The zero-order valence-electron chi connectivity index (χ0n) is 17.0. The highest BCUT2D eigenvalue weighted by molar-refractivity contribution is 7.13. The van der Waals surface area contributed by atoms with Crippen molar-refractivity contribution in [2.24, 2.45) is 10.9 Å². The molecule has 0 N–H and O–H groups in total. The summed E-state index contributed by atoms with van der Waals surface area (Å²) in [7, 11) is 0. The maximum absolute atomic E-state index is 13.4. The van der Waals surface area contributed by atoms with Crippen LogP contribution in [0.1, 0.15) is 37.0 Å². The van der Waals surface area contributed by atoms with Crippen LogP contribution in [0.2, 0.25) is 0 Å². The first-order valence-corrected chi connectivity index (χ1v) is 10.7. The molecule has 2 aromatic rings. The van der Waals surface area contributed by atoms with E-state index < -0.39 is 11.7 Å². The number of piperidine rings is 1. The highest BCUT2D eigenvalue weighted by Crippen LogP contribution is 2.41. The normalized spacial score (nSPS) is 24.0. The molecule has 1 aliphatic heterocycles. The lowest BCUT2D eigenvalue weighted by molar-refractivity contribution is -0.0915. The van der Waals surface area contributed by atoms with Crippen molar-refractivity contribution in [3.8, 4) is 10.7 Å². The van der Waals surface area contributed by atoms with Crippen LogP contribution < -0.4 is 0 Å². The van der Waals surface area contributed by atoms with Gasteiger partial charge in [-0.15, -0.1) is 11.3 Å². The van der Waals surface area contributed by atoms with Gasteiger partial charge in [-0.05, 0) is 37.8 Å². The number of likely N-dealkylation sites (tertiary alicyclic amines) is 1. The van der Waals surface area contributed by atoms with E-state index in [1.54, 1.807) is 29.4 Å². The summed E-state index contributed by atoms with van der Waals surface area (Å²) in [4.78, 5) is 27.6. The molecule has 1 saturated carbocycles. The molecule has 1 amide bonds. The molecule has 2 aromatic heterocycles. The molecule has 6 nitrogen and oxygen atoms in total. The largest absolute Gasteiger partial charge is 0.475 e. The number of alkyl halides is 3. The molecule has 1 aliphatic carbocycles. The van der Waals surface area contributed by atoms with Crippen LogP contribution in [0.15, 0.2) is 46.7 Å². The number of nitrogens with zero attached hydrogens (tertiary/aromatic N) is 4. The first-order chi connectivity index (χ1) is 14.7. The van der Waals surface area contributed by atoms with Gasteiger partial charge >= 0.3 is 6.18 Å². The van der Waals surface area contributed by atoms with E-state index in [9.17, 15) is 18.0 Å². The number of carbonyl (C=O) groups excluding carboxylic acids is 1. The summed E-state index contributed by atoms with van der Waals surface area (Å²) in [6.45, 7) is 3.11. The van der Waals surface area contributed by atoms with Crippen LogP contribution in [0.25, 0.3) is 10.7 Å². The smallest absolute Gasteiger partial charge is 0.413 e. The summed E-state index contributed by atoms with van der Waals surface area (Å²) < 4.78 is 43.7. The Morgan fingerprint density at radius 2 is 2.10 bits per heavy atom. The summed E-state index contributed by atoms with van der Waals surface area (Å²) in [5.74, 6) is 0.305. The van der Waals surface area contributed by atoms with Crippen LogP contribution in [0.5, 0.6) is 0 Å². The maximum atomic E-state index is 13.4. The summed E-state index contributed by atoms with van der Waals surface area (Å²) in [5.41, 5.74) is 0.234. The Kier molecular flexibility index (Phi) is 5.83. The van der Waals surface area contributed by atoms with Crippen LogP contribution in [0.4, 0.5) is 13.2 Å². The molecule has 0 aromatic carbocycles. The number of hydrogen-bond acceptors (Lipinski definition) is 6. The summed E-state index contributed by atoms with van der Waals surface area (Å²) in [6.07, 6.45) is 0.891. The minimum Gasteiger partial charge on any atom is -0.475 e. The van der Waals surface area contributed by atoms with Gasteiger partial charge in [0.05, 0.1) is 11.6 Å². The predicted molar refractivity (Wildman–Crippen MR) is 111 cm³/mol. The maximum Gasteiger partial charge on any atom is 0.413 e. The molecule has 10 heteroatoms. The fraction of sp³-hybridized carbons (Fsp3) is 0.429. The van der Waals surface area contributed by atoms with Crippen LogP contribution in [-0.2, 0) is 4.74 Å². The zero-order chi connectivity index (χ0) is 22.2. The second-order valence-corrected chi connectivity index (χ2v) is 8.61. The number of carbonyl (C=O) groups is 1. The van der Waals surface area contributed by atoms with Crippen molar-refractivity contribution in [2.45, 2.75) is 45.0 Å². The number of thiazole rings is 1. The van der Waals surface area contributed by atoms with Gasteiger partial charge in [0.2, 0.25) is 0 Å². The van der Waals surface area contributed by atoms with Gasteiger partial charge in [0.1, 0.15) is 16.8 Å². The standard InChI is InChI=1S/C21H21F3N4O2S/c1-12(21(22,23)24)10-27-13(2)30-17-9-14-8-16(17)28(11-14)20(29)15-4-3-5-25-18(15)19-26-6-7-31-19/h3-7,10,14,16-17H,8-9,11H2,1-2H3/b12-10+,27-13?. The minimum atomic E-state index is -4.42. The molecular formula is C21H21F3N4O2S. The van der Waals surface area contributed by atoms with Crippen LogP contribution in [0.3, 0.4) is 0 Å². The topological polar surface area (TPSA) is 67.7 Å². The van der Waals surface area contributed by atoms with Crippen molar-refractivity contribution in [1.82, 2.24) is 14.9 Å². The highest BCUT2D eigenvalue weighted by Gasteiger charge is 2.48. The quantitative estimate of drug-likeness (QED) is 0.500. The number of rotatable bonds is 4. The summed E-state index contributed by atoms with van der Waals surface area (Å²) >= 11 is 1.41. The number of fused-ring (bicyclic) bond motifs is 2. The molecule has 3 unspecified atom stereocenters. The summed E-state index contributed by atoms with van der Waals surface area (Å²) in [6, 6.07) is 3.31. The van der Waals surface area contributed by atoms with Crippen LogP contribution in [-0.4, -0.2) is 51.5 Å². The lowest BCUT2D eigenvalue weighted by atomic mass is 10.1. The average Bonchev–Trinajstić information content (AvgIpc) is 3.48. The molecule has 164 valence electrons. The molecule has 3 heterocycles. The third kappa shape index (κ3) is 4.48. The fourth-order valence-electron chi connectivity index (χ4n) is 4.08. The molecule has 2 aliphatic rings. The van der Waals surface area contributed by atoms with Gasteiger partial charge in [-0.1, -0.05) is 0 Å². The number of aromatic nitrogens is 2. The molecule has 0 radical (unpaired) electrons. The van der Waals surface area contributed by atoms with Crippen molar-refractivity contribution >= 4 is 23.1 Å². The van der Waals surface area contributed by atoms with Gasteiger partial charge < -0.3 is 9.64 Å². The lowest BCUT2D eigenvalue weighted by Crippen LogP contribution is -2.46. The van der Waals surface area contributed by atoms with Crippen molar-refractivity contribution in [1.29, 1.82) is 0 Å². The molecule has 3 atom stereocenters. The molecule has 0 spiro atoms. The van der Waals surface area contributed by atoms with Crippen LogP contribution in [0, 0.1) is 5.92 Å². The third-order valence-electron chi connectivity index (χ3n) is 5.57. The van der Waals surface area contributed by atoms with Gasteiger partial charge in [-0.2, -0.15) is 13.2 Å². The number of hydrogen-bond donors (Lipinski definition) is 0. The molecule has 4 rings (SSSR count). The third-order valence-corrected chi connectivity index (χ3v) is 6.35. The summed E-state index contributed by atoms with van der Waals surface area (Å²) in [5, 5.41) is 2.51. The Hall–Kier alpha value is -2.75. The second-order valence-electron chi connectivity index (χ2n) is 7.71. The second kappa shape index (κ2) is 8.41. The van der Waals surface area contributed by atoms with Gasteiger partial charge in [-0.3, -0.25) is 9.78 Å². The van der Waals surface area contributed by atoms with Crippen molar-refractivity contribution in [3.05, 3.63) is 47.2 Å². The molecule has 2 fully saturated rings. The zero-order valence-corrected chi connectivity index (χ0v) is 17.8. The first kappa shape index (κ1) is 21.5. The number of pyridine rings is 1. The number of ether oxygens (including phenoxy) is 1. The number of amides is 1. The van der Waals surface area contributed by atoms with Crippen molar-refractivity contribution in [3.63, 3.8) is 0 Å². The molecule has 31 heavy (non-hydrogen) atoms. The van der Waals surface area contributed by atoms with Crippen molar-refractivity contribution in [2.75, 3.05) is 6.54 Å². The average molecular weight is 450 g/mol. The van der Waals surface area contributed by atoms with E-state index in [0.717, 1.165) is 26.0 Å². The monoisotopic (exact) mass is 450 g/mol. The Balaban J connectivity index is 1.50. The first-order valence-electron chi connectivity index (χ1n) is 9.85. The fourth-order valence-corrected chi connectivity index (χ4v) is 4.73. The predicted octanol–water partition coefficient (Wildman–Crippen LogP) is 4.71. The van der Waals surface area contributed by atoms with E-state index in [-0.39, 0.29) is 24.0 Å². The van der Waals surface area contributed by atoms with E-state index in [4.69, 9.17) is 4.74 Å². The SMILES string of the molecule is CC(=N/C=C(\C)C(F)(F)F)OC1CC2CC1N(C(=O)c1cccnc1-c1nccs1)C2. The van der Waals surface area contributed by atoms with Gasteiger partial charge in [0, 0.05) is 43.0 Å². The Morgan fingerprint density at radius 3 is 2.77 bits per heavy atom. The minimum absolute atomic E-state index is 0.137. The highest BCUT2D eigenvalue weighted by atomic mass is 32.1. The van der Waals surface area contributed by atoms with E-state index in [0.29, 0.717) is 28.7 Å². The lowest BCUT2D eigenvalue weighted by Gasteiger charge is -2.33. The van der Waals surface area contributed by atoms with Crippen molar-refractivity contribution < 1.29 is 22.7 Å². The van der Waals surface area contributed by atoms with Crippen LogP contribution >= 0.6 is 11.3 Å². The number of aliphatic imine (C=N–C) groups is 1. The number of halogens is 3. The molecule has 1 saturated heterocycles.